The molecule has 2 aliphatic heterocycles. The summed E-state index contributed by atoms with van der Waals surface area (Å²) in [5.41, 5.74) is -6.89. The lowest BCUT2D eigenvalue weighted by Gasteiger charge is -2.63. The first-order valence-electron chi connectivity index (χ1n) is 15.4. The van der Waals surface area contributed by atoms with E-state index in [4.69, 9.17) is 18.9 Å². The first kappa shape index (κ1) is 32.3. The minimum Gasteiger partial charge on any atom is -0.394 e. The predicted molar refractivity (Wildman–Crippen MR) is 146 cm³/mol. The monoisotopic (exact) mass is 628 g/mol. The molecule has 4 aliphatic carbocycles. The minimum absolute atomic E-state index is 0.00109. The summed E-state index contributed by atoms with van der Waals surface area (Å²) < 4.78 is 57.2. The van der Waals surface area contributed by atoms with Crippen molar-refractivity contribution in [3.63, 3.8) is 0 Å². The number of fused-ring (bicyclic) bond motifs is 7. The van der Waals surface area contributed by atoms with Crippen LogP contribution in [0.3, 0.4) is 0 Å². The number of hydrogen-bond acceptors (Lipinski definition) is 11. The van der Waals surface area contributed by atoms with E-state index in [0.717, 1.165) is 6.08 Å². The molecule has 6 rings (SSSR count). The Morgan fingerprint density at radius 1 is 1.09 bits per heavy atom. The molecule has 2 saturated heterocycles. The Kier molecular flexibility index (Phi) is 8.03. The zero-order chi connectivity index (χ0) is 32.0. The Balaban J connectivity index is 1.34. The fourth-order valence-electron chi connectivity index (χ4n) is 9.36. The fourth-order valence-corrected chi connectivity index (χ4v) is 9.36. The van der Waals surface area contributed by atoms with Crippen LogP contribution < -0.4 is 0 Å². The lowest BCUT2D eigenvalue weighted by atomic mass is 9.44. The molecular formula is C31H42F2O11. The molecule has 0 aromatic rings. The molecule has 2 heterocycles. The van der Waals surface area contributed by atoms with Gasteiger partial charge in [0.05, 0.1) is 18.8 Å². The van der Waals surface area contributed by atoms with Gasteiger partial charge in [0, 0.05) is 16.7 Å². The summed E-state index contributed by atoms with van der Waals surface area (Å²) in [6.45, 7) is 3.76. The van der Waals surface area contributed by atoms with Crippen molar-refractivity contribution in [2.75, 3.05) is 13.2 Å². The van der Waals surface area contributed by atoms with Gasteiger partial charge in [0.25, 0.3) is 0 Å². The SMILES string of the molecule is CCCC1OC2CC3C4C[C@H](F)C5=CC(=O)C=C[C@]5(C)[C@@]4(F)[C@@H](O)C[C@]3(C)C2(C(=O)COC2O[C@H](CO)[C@@H](O)[C@H](O)[C@H]2O)O1. The minimum atomic E-state index is -2.35. The number of rotatable bonds is 7. The summed E-state index contributed by atoms with van der Waals surface area (Å²) in [6, 6.07) is 0. The number of ketones is 2. The molecule has 0 bridgehead atoms. The summed E-state index contributed by atoms with van der Waals surface area (Å²) in [5.74, 6) is -2.78. The van der Waals surface area contributed by atoms with Crippen LogP contribution in [0.15, 0.2) is 23.8 Å². The number of allylic oxidation sites excluding steroid dienone is 4. The van der Waals surface area contributed by atoms with Gasteiger partial charge >= 0.3 is 0 Å². The summed E-state index contributed by atoms with van der Waals surface area (Å²) >= 11 is 0. The molecule has 246 valence electrons. The second-order valence-electron chi connectivity index (χ2n) is 13.7. The average Bonchev–Trinajstić information content (AvgIpc) is 3.46. The molecule has 6 aliphatic rings. The van der Waals surface area contributed by atoms with Gasteiger partial charge in [-0.3, -0.25) is 9.59 Å². The molecule has 13 heteroatoms. The van der Waals surface area contributed by atoms with Crippen LogP contribution in [0, 0.1) is 22.7 Å². The molecule has 44 heavy (non-hydrogen) atoms. The largest absolute Gasteiger partial charge is 0.394 e. The first-order chi connectivity index (χ1) is 20.7. The quantitative estimate of drug-likeness (QED) is 0.267. The molecule has 6 unspecified atom stereocenters. The van der Waals surface area contributed by atoms with Crippen LogP contribution in [0.25, 0.3) is 0 Å². The predicted octanol–water partition coefficient (Wildman–Crippen LogP) is 0.581. The van der Waals surface area contributed by atoms with E-state index in [2.05, 4.69) is 0 Å². The zero-order valence-electron chi connectivity index (χ0n) is 25.0. The van der Waals surface area contributed by atoms with Gasteiger partial charge in [0.1, 0.15) is 37.2 Å². The molecular weight excluding hydrogens is 586 g/mol. The Bertz CT molecular complexity index is 1240. The Morgan fingerprint density at radius 2 is 1.82 bits per heavy atom. The molecule has 5 fully saturated rings. The first-order valence-corrected chi connectivity index (χ1v) is 15.4. The highest BCUT2D eigenvalue weighted by Crippen LogP contribution is 2.72. The average molecular weight is 629 g/mol. The van der Waals surface area contributed by atoms with Gasteiger partial charge in [-0.05, 0) is 56.3 Å². The molecule has 5 N–H and O–H groups in total. The number of aliphatic hydroxyl groups excluding tert-OH is 5. The standard InChI is InChI=1S/C31H42F2O11/c1-4-5-23-43-22-10-15-16-9-18(32)17-8-14(35)6-7-28(17,2)30(16,33)20(36)11-29(15,3)31(22,44-23)21(37)13-41-27-26(40)25(39)24(38)19(12-34)42-27/h6-8,15-16,18-20,22-27,34,36,38-40H,4-5,9-13H2,1-3H3/t15?,16?,18-,19+,20-,22?,23?,24+,25-,26+,27?,28-,29-,30-,31?/m0/s1. The van der Waals surface area contributed by atoms with Gasteiger partial charge in [-0.1, -0.05) is 26.3 Å². The molecule has 15 atom stereocenters. The highest BCUT2D eigenvalue weighted by Gasteiger charge is 2.80. The number of halogens is 2. The van der Waals surface area contributed by atoms with Crippen LogP contribution in [0.2, 0.25) is 0 Å². The van der Waals surface area contributed by atoms with Gasteiger partial charge in [-0.25, -0.2) is 8.78 Å². The fraction of sp³-hybridized carbons (Fsp3) is 0.806. The molecule has 0 radical (unpaired) electrons. The van der Waals surface area contributed by atoms with Crippen molar-refractivity contribution < 1.29 is 62.8 Å². The van der Waals surface area contributed by atoms with Gasteiger partial charge in [0.15, 0.2) is 35.4 Å². The molecule has 0 spiro atoms. The lowest BCUT2D eigenvalue weighted by Crippen LogP contribution is -2.71. The third-order valence-electron chi connectivity index (χ3n) is 11.6. The van der Waals surface area contributed by atoms with E-state index in [9.17, 15) is 35.1 Å². The second kappa shape index (κ2) is 11.0. The highest BCUT2D eigenvalue weighted by molar-refractivity contribution is 6.01. The summed E-state index contributed by atoms with van der Waals surface area (Å²) in [5, 5.41) is 51.9. The van der Waals surface area contributed by atoms with Crippen LogP contribution in [-0.4, -0.2) is 117 Å². The topological polar surface area (TPSA) is 172 Å². The van der Waals surface area contributed by atoms with Gasteiger partial charge < -0.3 is 44.5 Å². The van der Waals surface area contributed by atoms with E-state index in [1.165, 1.54) is 19.1 Å². The lowest BCUT2D eigenvalue weighted by molar-refractivity contribution is -0.300. The van der Waals surface area contributed by atoms with Crippen LogP contribution in [0.1, 0.15) is 52.9 Å². The Hall–Kier alpha value is -1.68. The van der Waals surface area contributed by atoms with E-state index < -0.39 is 114 Å². The maximum absolute atomic E-state index is 17.6. The van der Waals surface area contributed by atoms with E-state index in [-0.39, 0.29) is 24.8 Å². The smallest absolute Gasteiger partial charge is 0.193 e. The summed E-state index contributed by atoms with van der Waals surface area (Å²) in [6.07, 6.45) is -8.40. The van der Waals surface area contributed by atoms with Crippen molar-refractivity contribution in [1.29, 1.82) is 0 Å². The number of ether oxygens (including phenoxy) is 4. The van der Waals surface area contributed by atoms with Crippen LogP contribution in [0.5, 0.6) is 0 Å². The van der Waals surface area contributed by atoms with E-state index in [0.29, 0.717) is 12.8 Å². The van der Waals surface area contributed by atoms with E-state index >= 15 is 8.78 Å². The van der Waals surface area contributed by atoms with Gasteiger partial charge in [-0.2, -0.15) is 0 Å². The van der Waals surface area contributed by atoms with Crippen molar-refractivity contribution in [3.05, 3.63) is 23.8 Å². The Morgan fingerprint density at radius 3 is 2.50 bits per heavy atom. The van der Waals surface area contributed by atoms with Crippen LogP contribution >= 0.6 is 0 Å². The molecule has 11 nitrogen and oxygen atoms in total. The van der Waals surface area contributed by atoms with Crippen molar-refractivity contribution >= 4 is 11.6 Å². The van der Waals surface area contributed by atoms with Crippen molar-refractivity contribution in [1.82, 2.24) is 0 Å². The van der Waals surface area contributed by atoms with Crippen LogP contribution in [0.4, 0.5) is 8.78 Å². The molecule has 0 aromatic heterocycles. The number of hydrogen-bond donors (Lipinski definition) is 5. The van der Waals surface area contributed by atoms with E-state index in [1.54, 1.807) is 6.92 Å². The number of aliphatic hydroxyl groups is 5. The van der Waals surface area contributed by atoms with Crippen molar-refractivity contribution in [2.24, 2.45) is 22.7 Å². The number of carbonyl (C=O) groups is 2. The molecule has 0 aromatic carbocycles. The second-order valence-corrected chi connectivity index (χ2v) is 13.7. The zero-order valence-corrected chi connectivity index (χ0v) is 25.0. The summed E-state index contributed by atoms with van der Waals surface area (Å²) in [7, 11) is 0. The van der Waals surface area contributed by atoms with Gasteiger partial charge in [-0.15, -0.1) is 0 Å². The Labute approximate surface area is 253 Å². The number of Topliss-reactive ketones (excluding diaryl/α,β-unsaturated/α-hetero) is 1. The number of carbonyl (C=O) groups excluding carboxylic acids is 2. The number of alkyl halides is 2. The normalized spacial score (nSPS) is 53.0. The maximum atomic E-state index is 17.6. The van der Waals surface area contributed by atoms with Crippen molar-refractivity contribution in [2.45, 2.75) is 120 Å². The van der Waals surface area contributed by atoms with Gasteiger partial charge in [0.2, 0.25) is 0 Å². The third kappa shape index (κ3) is 4.17. The van der Waals surface area contributed by atoms with Crippen LogP contribution in [-0.2, 0) is 28.5 Å². The molecule has 0 amide bonds. The van der Waals surface area contributed by atoms with Crippen molar-refractivity contribution in [3.8, 4) is 0 Å². The summed E-state index contributed by atoms with van der Waals surface area (Å²) in [4.78, 5) is 26.4. The third-order valence-corrected chi connectivity index (χ3v) is 11.6. The molecule has 3 saturated carbocycles. The highest BCUT2D eigenvalue weighted by atomic mass is 19.1. The maximum Gasteiger partial charge on any atom is 0.193 e. The van der Waals surface area contributed by atoms with E-state index in [1.807, 2.05) is 6.92 Å².